The molecule has 0 saturated carbocycles. The minimum absolute atomic E-state index is 0.145. The van der Waals surface area contributed by atoms with Crippen molar-refractivity contribution in [3.05, 3.63) is 59.7 Å². The number of thiocarbonyl (C=S) groups is 2. The lowest BCUT2D eigenvalue weighted by Crippen LogP contribution is -2.53. The van der Waals surface area contributed by atoms with Gasteiger partial charge in [0, 0.05) is 167 Å². The summed E-state index contributed by atoms with van der Waals surface area (Å²) in [6.07, 6.45) is 1.02. The van der Waals surface area contributed by atoms with Crippen LogP contribution in [-0.2, 0) is 89.2 Å². The standard InChI is InChI=1S/C72H117N15O24S2/c1-2-79(17-13-73-61(88)11-31-106-35-39-110-41-37-108-33-15-75-71(112)77-57-7-3-55(4-8-57)43-59-45-84(51-67(98)99)25-23-80(47-63(90)91)19-21-82(49-65(94)95)27-29-86(59)53-69(102)103)18-14-74-62(89)12-32-107-36-40-111-42-38-109-34-16-76-72(113)78-58-9-5-56(6-10-58)44-60-46-85(52-68(100)101)26-24-81(48-64(92)93)20-22-83(50-66(96)97)28-30-87(60)54-70(104)105/h3-10,59-60H,2,11-54H2,1H3,(H,73,88)(H,74,89)(H,90,91)(H,92,93)(H,94,95)(H,96,97)(H,98,99)(H,100,101)(H,102,103)(H,104,105)(H2,75,77,112)(H2,76,78,113). The van der Waals surface area contributed by atoms with E-state index in [0.717, 1.165) is 17.7 Å². The highest BCUT2D eigenvalue weighted by molar-refractivity contribution is 7.80. The summed E-state index contributed by atoms with van der Waals surface area (Å²) >= 11 is 11.0. The minimum Gasteiger partial charge on any atom is -0.480 e. The molecular weight excluding hydrogens is 1520 g/mol. The highest BCUT2D eigenvalue weighted by Crippen LogP contribution is 2.19. The van der Waals surface area contributed by atoms with E-state index < -0.39 is 59.8 Å². The van der Waals surface area contributed by atoms with Crippen molar-refractivity contribution < 1.29 is 117 Å². The fourth-order valence-corrected chi connectivity index (χ4v) is 12.7. The van der Waals surface area contributed by atoms with Crippen LogP contribution in [0.2, 0.25) is 0 Å². The molecule has 0 spiro atoms. The Kier molecular flexibility index (Phi) is 49.8. The quantitative estimate of drug-likeness (QED) is 0.0237. The molecule has 0 bridgehead atoms. The maximum Gasteiger partial charge on any atom is 0.317 e. The third kappa shape index (κ3) is 48.0. The van der Waals surface area contributed by atoms with Crippen molar-refractivity contribution in [3.8, 4) is 0 Å². The van der Waals surface area contributed by atoms with Crippen molar-refractivity contribution in [3.63, 3.8) is 0 Å². The predicted molar refractivity (Wildman–Crippen MR) is 421 cm³/mol. The number of likely N-dealkylation sites (N-methyl/N-ethyl adjacent to an activating group) is 1. The molecule has 2 atom stereocenters. The van der Waals surface area contributed by atoms with Crippen LogP contribution in [0.15, 0.2) is 48.5 Å². The number of carboxylic acids is 8. The van der Waals surface area contributed by atoms with Crippen LogP contribution in [0.3, 0.4) is 0 Å². The monoisotopic (exact) mass is 1640 g/mol. The molecule has 41 heteroatoms. The number of benzene rings is 2. The molecule has 113 heavy (non-hydrogen) atoms. The summed E-state index contributed by atoms with van der Waals surface area (Å²) in [5.41, 5.74) is 3.00. The Labute approximate surface area is 669 Å². The van der Waals surface area contributed by atoms with E-state index in [4.69, 9.17) is 52.9 Å². The molecule has 2 unspecified atom stereocenters. The van der Waals surface area contributed by atoms with Crippen molar-refractivity contribution in [2.45, 2.75) is 44.7 Å². The minimum atomic E-state index is -1.10. The number of carbonyl (C=O) groups excluding carboxylic acids is 2. The molecule has 0 aliphatic carbocycles. The fourth-order valence-electron chi connectivity index (χ4n) is 12.3. The molecule has 2 aromatic carbocycles. The zero-order valence-corrected chi connectivity index (χ0v) is 66.2. The lowest BCUT2D eigenvalue weighted by molar-refractivity contribution is -0.142. The Morgan fingerprint density at radius 1 is 0.354 bits per heavy atom. The molecule has 0 aromatic heterocycles. The molecule has 2 aromatic rings. The molecule has 2 saturated heterocycles. The summed E-state index contributed by atoms with van der Waals surface area (Å²) in [5, 5.41) is 96.5. The van der Waals surface area contributed by atoms with Crippen molar-refractivity contribution in [1.82, 2.24) is 65.4 Å². The maximum atomic E-state index is 12.4. The van der Waals surface area contributed by atoms with Gasteiger partial charge in [-0.2, -0.15) is 0 Å². The van der Waals surface area contributed by atoms with Crippen molar-refractivity contribution >= 4 is 106 Å². The Hall–Kier alpha value is -8.08. The van der Waals surface area contributed by atoms with Gasteiger partial charge in [0.1, 0.15) is 0 Å². The number of ether oxygens (including phenoxy) is 6. The van der Waals surface area contributed by atoms with Crippen molar-refractivity contribution in [2.75, 3.05) is 280 Å². The van der Waals surface area contributed by atoms with Crippen LogP contribution in [0.5, 0.6) is 0 Å². The third-order valence-electron chi connectivity index (χ3n) is 18.0. The van der Waals surface area contributed by atoms with Crippen LogP contribution < -0.4 is 31.9 Å². The van der Waals surface area contributed by atoms with Gasteiger partial charge < -0.3 is 106 Å². The van der Waals surface area contributed by atoms with Gasteiger partial charge in [-0.1, -0.05) is 31.2 Å². The topological polar surface area (TPSA) is 489 Å². The summed E-state index contributed by atoms with van der Waals surface area (Å²) in [7, 11) is 0. The molecule has 636 valence electrons. The van der Waals surface area contributed by atoms with Gasteiger partial charge in [-0.15, -0.1) is 0 Å². The second-order valence-electron chi connectivity index (χ2n) is 26.8. The van der Waals surface area contributed by atoms with Gasteiger partial charge in [-0.3, -0.25) is 87.1 Å². The average molecular weight is 1640 g/mol. The summed E-state index contributed by atoms with van der Waals surface area (Å²) in [6, 6.07) is 13.6. The highest BCUT2D eigenvalue weighted by atomic mass is 32.1. The van der Waals surface area contributed by atoms with E-state index >= 15 is 0 Å². The maximum absolute atomic E-state index is 12.4. The van der Waals surface area contributed by atoms with Crippen LogP contribution in [-0.4, -0.2) is 436 Å². The second kappa shape index (κ2) is 57.9. The van der Waals surface area contributed by atoms with Crippen molar-refractivity contribution in [1.29, 1.82) is 0 Å². The number of anilines is 2. The van der Waals surface area contributed by atoms with Gasteiger partial charge in [0.15, 0.2) is 10.2 Å². The van der Waals surface area contributed by atoms with E-state index in [-0.39, 0.29) is 182 Å². The molecule has 2 aliphatic heterocycles. The number of nitrogens with zero attached hydrogens (tertiary/aromatic N) is 9. The summed E-state index contributed by atoms with van der Waals surface area (Å²) in [6.45, 7) is 9.14. The number of nitrogens with one attached hydrogen (secondary N) is 6. The fraction of sp³-hybridized carbons (Fsp3) is 0.667. The molecule has 14 N–H and O–H groups in total. The Bertz CT molecular complexity index is 3000. The van der Waals surface area contributed by atoms with Crippen LogP contribution in [0.4, 0.5) is 11.4 Å². The van der Waals surface area contributed by atoms with Gasteiger partial charge in [-0.25, -0.2) is 0 Å². The molecule has 2 heterocycles. The number of hydrogen-bond donors (Lipinski definition) is 14. The number of carbonyl (C=O) groups is 10. The normalized spacial score (nSPS) is 16.8. The summed E-state index contributed by atoms with van der Waals surface area (Å²) < 4.78 is 33.6. The van der Waals surface area contributed by atoms with Crippen LogP contribution in [0.1, 0.15) is 30.9 Å². The largest absolute Gasteiger partial charge is 0.480 e. The van der Waals surface area contributed by atoms with Crippen molar-refractivity contribution in [2.24, 2.45) is 0 Å². The first-order chi connectivity index (χ1) is 54.2. The van der Waals surface area contributed by atoms with Crippen LogP contribution in [0, 0.1) is 0 Å². The molecule has 4 rings (SSSR count). The molecule has 2 fully saturated rings. The van der Waals surface area contributed by atoms with E-state index in [9.17, 15) is 88.8 Å². The smallest absolute Gasteiger partial charge is 0.317 e. The van der Waals surface area contributed by atoms with Gasteiger partial charge >= 0.3 is 47.8 Å². The molecule has 2 amide bonds. The van der Waals surface area contributed by atoms with Gasteiger partial charge in [0.05, 0.1) is 132 Å². The predicted octanol–water partition coefficient (Wildman–Crippen LogP) is -2.66. The average Bonchev–Trinajstić information content (AvgIpc) is 0.854. The first-order valence-corrected chi connectivity index (χ1v) is 38.6. The van der Waals surface area contributed by atoms with Gasteiger partial charge in [-0.05, 0) is 79.2 Å². The Morgan fingerprint density at radius 3 is 0.912 bits per heavy atom. The number of rotatable bonds is 53. The lowest BCUT2D eigenvalue weighted by atomic mass is 10.0. The van der Waals surface area contributed by atoms with Crippen LogP contribution >= 0.6 is 24.4 Å². The zero-order valence-electron chi connectivity index (χ0n) is 64.5. The molecule has 0 radical (unpaired) electrons. The van der Waals surface area contributed by atoms with E-state index in [1.807, 2.05) is 55.5 Å². The highest BCUT2D eigenvalue weighted by Gasteiger charge is 2.30. The Balaban J connectivity index is 0.980. The molecule has 39 nitrogen and oxygen atoms in total. The molecular formula is C72H117N15O24S2. The number of amides is 2. The van der Waals surface area contributed by atoms with E-state index in [0.29, 0.717) is 140 Å². The van der Waals surface area contributed by atoms with E-state index in [1.54, 1.807) is 39.2 Å². The molecule has 2 aliphatic rings. The number of carboxylic acid groups (broad SMARTS) is 8. The number of hydrogen-bond acceptors (Lipinski definition) is 27. The zero-order chi connectivity index (χ0) is 82.6. The second-order valence-corrected chi connectivity index (χ2v) is 27.7. The summed E-state index contributed by atoms with van der Waals surface area (Å²) in [4.78, 5) is 135. The van der Waals surface area contributed by atoms with E-state index in [1.165, 1.54) is 0 Å². The Morgan fingerprint density at radius 2 is 0.619 bits per heavy atom. The first-order valence-electron chi connectivity index (χ1n) is 37.8. The van der Waals surface area contributed by atoms with Gasteiger partial charge in [0.25, 0.3) is 0 Å². The third-order valence-corrected chi connectivity index (χ3v) is 18.4. The summed E-state index contributed by atoms with van der Waals surface area (Å²) in [5.74, 6) is -8.98. The first kappa shape index (κ1) is 97.3. The lowest BCUT2D eigenvalue weighted by Gasteiger charge is -2.37. The number of aliphatic carboxylic acids is 8. The van der Waals surface area contributed by atoms with E-state index in [2.05, 4.69) is 36.8 Å². The van der Waals surface area contributed by atoms with Crippen LogP contribution in [0.25, 0.3) is 0 Å². The SMILES string of the molecule is CCN(CCNC(=O)CCOCCOCCOCCNC(=S)Nc1ccc(CC2CN(CC(=O)O)CCN(CC(=O)O)CCN(CC(=O)O)CCN2CC(=O)O)cc1)CCNC(=O)CCOCCOCCOCCNC(=S)Nc1ccc(CC2CN(CC(=O)O)CCN(CC(=O)O)CCN(CC(=O)O)CCN2CC(=O)O)cc1. The van der Waals surface area contributed by atoms with Gasteiger partial charge in [0.2, 0.25) is 11.8 Å².